The van der Waals surface area contributed by atoms with Crippen molar-refractivity contribution in [1.29, 1.82) is 5.26 Å². The van der Waals surface area contributed by atoms with Crippen LogP contribution in [0.5, 0.6) is 5.75 Å². The topological polar surface area (TPSA) is 63.7 Å². The largest absolute Gasteiger partial charge is 0.486 e. The van der Waals surface area contributed by atoms with E-state index in [4.69, 9.17) is 10.00 Å². The van der Waals surface area contributed by atoms with Gasteiger partial charge in [-0.2, -0.15) is 10.4 Å². The normalized spacial score (nSPS) is 9.88. The molecule has 0 radical (unpaired) electrons. The maximum Gasteiger partial charge on any atom is 0.164 e. The molecule has 1 heterocycles. The Kier molecular flexibility index (Phi) is 3.36. The molecule has 0 unspecified atom stereocenters. The van der Waals surface area contributed by atoms with Gasteiger partial charge in [0.05, 0.1) is 11.6 Å². The number of rotatable bonds is 4. The standard InChI is InChI=1S/C12H12N4O/c1-2-16-12(14-9-15-16)8-17-11-5-3-10(7-13)4-6-11/h3-6,9H,2,8H2,1H3. The van der Waals surface area contributed by atoms with E-state index in [1.807, 2.05) is 6.92 Å². The Morgan fingerprint density at radius 1 is 1.35 bits per heavy atom. The van der Waals surface area contributed by atoms with E-state index in [1.165, 1.54) is 6.33 Å². The lowest BCUT2D eigenvalue weighted by atomic mass is 10.2. The Labute approximate surface area is 99.3 Å². The van der Waals surface area contributed by atoms with Crippen molar-refractivity contribution in [1.82, 2.24) is 14.8 Å². The van der Waals surface area contributed by atoms with Gasteiger partial charge in [-0.3, -0.25) is 0 Å². The van der Waals surface area contributed by atoms with Crippen molar-refractivity contribution in [3.8, 4) is 11.8 Å². The van der Waals surface area contributed by atoms with E-state index in [0.717, 1.165) is 18.1 Å². The van der Waals surface area contributed by atoms with Crippen molar-refractivity contribution in [3.63, 3.8) is 0 Å². The summed E-state index contributed by atoms with van der Waals surface area (Å²) in [5.74, 6) is 1.51. The third kappa shape index (κ3) is 2.61. The monoisotopic (exact) mass is 228 g/mol. The highest BCUT2D eigenvalue weighted by molar-refractivity contribution is 5.34. The molecule has 17 heavy (non-hydrogen) atoms. The van der Waals surface area contributed by atoms with Crippen LogP contribution in [0, 0.1) is 11.3 Å². The van der Waals surface area contributed by atoms with Gasteiger partial charge in [0.1, 0.15) is 18.7 Å². The lowest BCUT2D eigenvalue weighted by molar-refractivity contribution is 0.287. The van der Waals surface area contributed by atoms with Crippen LogP contribution in [-0.2, 0) is 13.2 Å². The van der Waals surface area contributed by atoms with Gasteiger partial charge in [-0.25, -0.2) is 9.67 Å². The first kappa shape index (κ1) is 11.1. The van der Waals surface area contributed by atoms with Crippen LogP contribution in [0.1, 0.15) is 18.3 Å². The van der Waals surface area contributed by atoms with Crippen molar-refractivity contribution in [3.05, 3.63) is 42.0 Å². The van der Waals surface area contributed by atoms with E-state index < -0.39 is 0 Å². The first-order valence-electron chi connectivity index (χ1n) is 5.33. The fraction of sp³-hybridized carbons (Fsp3) is 0.250. The van der Waals surface area contributed by atoms with Crippen LogP contribution in [-0.4, -0.2) is 14.8 Å². The first-order valence-corrected chi connectivity index (χ1v) is 5.33. The molecule has 5 heteroatoms. The fourth-order valence-electron chi connectivity index (χ4n) is 1.44. The predicted molar refractivity (Wildman–Crippen MR) is 61.2 cm³/mol. The van der Waals surface area contributed by atoms with Crippen molar-refractivity contribution in [2.24, 2.45) is 0 Å². The second-order valence-corrected chi connectivity index (χ2v) is 3.42. The van der Waals surface area contributed by atoms with Gasteiger partial charge in [0, 0.05) is 6.54 Å². The lowest BCUT2D eigenvalue weighted by Crippen LogP contribution is -2.07. The van der Waals surface area contributed by atoms with Gasteiger partial charge in [0.15, 0.2) is 5.82 Å². The van der Waals surface area contributed by atoms with E-state index in [-0.39, 0.29) is 0 Å². The van der Waals surface area contributed by atoms with Gasteiger partial charge < -0.3 is 4.74 Å². The minimum absolute atomic E-state index is 0.375. The summed E-state index contributed by atoms with van der Waals surface area (Å²) in [6, 6.07) is 9.04. The van der Waals surface area contributed by atoms with Crippen LogP contribution in [0.3, 0.4) is 0 Å². The van der Waals surface area contributed by atoms with Crippen molar-refractivity contribution >= 4 is 0 Å². The summed E-state index contributed by atoms with van der Waals surface area (Å²) >= 11 is 0. The highest BCUT2D eigenvalue weighted by atomic mass is 16.5. The van der Waals surface area contributed by atoms with E-state index >= 15 is 0 Å². The van der Waals surface area contributed by atoms with Gasteiger partial charge >= 0.3 is 0 Å². The first-order chi connectivity index (χ1) is 8.33. The molecule has 0 amide bonds. The second-order valence-electron chi connectivity index (χ2n) is 3.42. The number of ether oxygens (including phenoxy) is 1. The van der Waals surface area contributed by atoms with Gasteiger partial charge in [-0.1, -0.05) is 0 Å². The molecule has 0 bridgehead atoms. The Bertz CT molecular complexity index is 524. The molecule has 2 aromatic rings. The average molecular weight is 228 g/mol. The number of hydrogen-bond acceptors (Lipinski definition) is 4. The van der Waals surface area contributed by atoms with Gasteiger partial charge in [0.2, 0.25) is 0 Å². The quantitative estimate of drug-likeness (QED) is 0.799. The number of nitriles is 1. The summed E-state index contributed by atoms with van der Waals surface area (Å²) in [6.07, 6.45) is 1.51. The zero-order chi connectivity index (χ0) is 12.1. The summed E-state index contributed by atoms with van der Waals surface area (Å²) in [4.78, 5) is 4.11. The molecule has 0 atom stereocenters. The maximum atomic E-state index is 8.66. The number of aryl methyl sites for hydroxylation is 1. The second kappa shape index (κ2) is 5.12. The molecule has 0 aliphatic carbocycles. The fourth-order valence-corrected chi connectivity index (χ4v) is 1.44. The average Bonchev–Trinajstić information content (AvgIpc) is 2.84. The Balaban J connectivity index is 2.00. The summed E-state index contributed by atoms with van der Waals surface area (Å²) in [5.41, 5.74) is 0.620. The number of hydrogen-bond donors (Lipinski definition) is 0. The van der Waals surface area contributed by atoms with Gasteiger partial charge in [-0.05, 0) is 31.2 Å². The summed E-state index contributed by atoms with van der Waals surface area (Å²) in [5, 5.41) is 12.7. The molecular weight excluding hydrogens is 216 g/mol. The smallest absolute Gasteiger partial charge is 0.164 e. The van der Waals surface area contributed by atoms with Crippen molar-refractivity contribution in [2.75, 3.05) is 0 Å². The molecule has 0 aliphatic heterocycles. The molecule has 0 N–H and O–H groups in total. The zero-order valence-electron chi connectivity index (χ0n) is 9.50. The molecular formula is C12H12N4O. The molecule has 1 aromatic heterocycles. The third-order valence-electron chi connectivity index (χ3n) is 2.35. The molecule has 1 aromatic carbocycles. The molecule has 0 saturated carbocycles. The van der Waals surface area contributed by atoms with Crippen LogP contribution in [0.4, 0.5) is 0 Å². The Morgan fingerprint density at radius 3 is 2.76 bits per heavy atom. The summed E-state index contributed by atoms with van der Waals surface area (Å²) in [7, 11) is 0. The Hall–Kier alpha value is -2.35. The summed E-state index contributed by atoms with van der Waals surface area (Å²) < 4.78 is 7.34. The molecule has 86 valence electrons. The van der Waals surface area contributed by atoms with Crippen molar-refractivity contribution in [2.45, 2.75) is 20.1 Å². The van der Waals surface area contributed by atoms with Crippen LogP contribution in [0.2, 0.25) is 0 Å². The minimum atomic E-state index is 0.375. The van der Waals surface area contributed by atoms with Crippen LogP contribution in [0.15, 0.2) is 30.6 Å². The number of benzene rings is 1. The van der Waals surface area contributed by atoms with Gasteiger partial charge in [0.25, 0.3) is 0 Å². The highest BCUT2D eigenvalue weighted by Gasteiger charge is 2.03. The Morgan fingerprint density at radius 2 is 2.12 bits per heavy atom. The number of nitrogens with zero attached hydrogens (tertiary/aromatic N) is 4. The summed E-state index contributed by atoms with van der Waals surface area (Å²) in [6.45, 7) is 3.14. The zero-order valence-corrected chi connectivity index (χ0v) is 9.50. The van der Waals surface area contributed by atoms with Gasteiger partial charge in [-0.15, -0.1) is 0 Å². The SMILES string of the molecule is CCn1ncnc1COc1ccc(C#N)cc1. The molecule has 0 aliphatic rings. The molecule has 5 nitrogen and oxygen atoms in total. The van der Waals surface area contributed by atoms with Crippen molar-refractivity contribution < 1.29 is 4.74 Å². The van der Waals surface area contributed by atoms with Crippen LogP contribution < -0.4 is 4.74 Å². The minimum Gasteiger partial charge on any atom is -0.486 e. The lowest BCUT2D eigenvalue weighted by Gasteiger charge is -2.06. The molecule has 2 rings (SSSR count). The number of aromatic nitrogens is 3. The van der Waals surface area contributed by atoms with E-state index in [9.17, 15) is 0 Å². The molecule has 0 fully saturated rings. The third-order valence-corrected chi connectivity index (χ3v) is 2.35. The predicted octanol–water partition coefficient (Wildman–Crippen LogP) is 1.75. The molecule has 0 saturated heterocycles. The maximum absolute atomic E-state index is 8.66. The van der Waals surface area contributed by atoms with E-state index in [1.54, 1.807) is 28.9 Å². The van der Waals surface area contributed by atoms with E-state index in [0.29, 0.717) is 12.2 Å². The van der Waals surface area contributed by atoms with Crippen LogP contribution in [0.25, 0.3) is 0 Å². The molecule has 0 spiro atoms. The van der Waals surface area contributed by atoms with Crippen LogP contribution >= 0.6 is 0 Å². The highest BCUT2D eigenvalue weighted by Crippen LogP contribution is 2.13. The van der Waals surface area contributed by atoms with E-state index in [2.05, 4.69) is 16.2 Å².